The molecule has 0 aliphatic heterocycles. The SMILES string of the molecule is c1ccc(CC2CC2CNC2CC2)cc1. The number of nitrogens with one attached hydrogen (secondary N) is 1. The second-order valence-electron chi connectivity index (χ2n) is 5.13. The lowest BCUT2D eigenvalue weighted by molar-refractivity contribution is 0.593. The van der Waals surface area contributed by atoms with E-state index < -0.39 is 0 Å². The molecule has 0 bridgehead atoms. The van der Waals surface area contributed by atoms with Crippen LogP contribution in [0.3, 0.4) is 0 Å². The van der Waals surface area contributed by atoms with Gasteiger partial charge in [-0.25, -0.2) is 0 Å². The summed E-state index contributed by atoms with van der Waals surface area (Å²) in [5, 5.41) is 3.63. The lowest BCUT2D eigenvalue weighted by atomic mass is 10.1. The molecule has 1 aromatic carbocycles. The molecule has 0 saturated heterocycles. The van der Waals surface area contributed by atoms with Gasteiger partial charge in [-0.1, -0.05) is 30.3 Å². The molecule has 2 saturated carbocycles. The normalized spacial score (nSPS) is 29.1. The highest BCUT2D eigenvalue weighted by atomic mass is 15.0. The summed E-state index contributed by atoms with van der Waals surface area (Å²) < 4.78 is 0. The largest absolute Gasteiger partial charge is 0.314 e. The summed E-state index contributed by atoms with van der Waals surface area (Å²) in [5.74, 6) is 1.92. The summed E-state index contributed by atoms with van der Waals surface area (Å²) in [6, 6.07) is 11.8. The third kappa shape index (κ3) is 2.60. The molecule has 15 heavy (non-hydrogen) atoms. The molecular formula is C14H19N. The molecule has 0 radical (unpaired) electrons. The van der Waals surface area contributed by atoms with Crippen LogP contribution in [0, 0.1) is 11.8 Å². The maximum atomic E-state index is 3.63. The van der Waals surface area contributed by atoms with Crippen LogP contribution in [-0.4, -0.2) is 12.6 Å². The Morgan fingerprint density at radius 1 is 1.07 bits per heavy atom. The van der Waals surface area contributed by atoms with Crippen LogP contribution >= 0.6 is 0 Å². The zero-order valence-corrected chi connectivity index (χ0v) is 9.15. The Labute approximate surface area is 91.9 Å². The van der Waals surface area contributed by atoms with E-state index >= 15 is 0 Å². The monoisotopic (exact) mass is 201 g/mol. The molecule has 0 amide bonds. The van der Waals surface area contributed by atoms with Crippen LogP contribution in [0.15, 0.2) is 30.3 Å². The number of rotatable bonds is 5. The van der Waals surface area contributed by atoms with Gasteiger partial charge in [-0.05, 0) is 49.6 Å². The molecule has 1 N–H and O–H groups in total. The lowest BCUT2D eigenvalue weighted by Gasteiger charge is -2.02. The van der Waals surface area contributed by atoms with E-state index in [9.17, 15) is 0 Å². The lowest BCUT2D eigenvalue weighted by Crippen LogP contribution is -2.19. The Morgan fingerprint density at radius 2 is 1.87 bits per heavy atom. The van der Waals surface area contributed by atoms with Crippen LogP contribution < -0.4 is 5.32 Å². The third-order valence-corrected chi connectivity index (χ3v) is 3.66. The van der Waals surface area contributed by atoms with Crippen molar-refractivity contribution in [3.05, 3.63) is 35.9 Å². The van der Waals surface area contributed by atoms with Gasteiger partial charge in [-0.2, -0.15) is 0 Å². The van der Waals surface area contributed by atoms with Gasteiger partial charge in [0.15, 0.2) is 0 Å². The summed E-state index contributed by atoms with van der Waals surface area (Å²) in [5.41, 5.74) is 1.51. The zero-order valence-electron chi connectivity index (χ0n) is 9.15. The molecule has 2 fully saturated rings. The van der Waals surface area contributed by atoms with Crippen molar-refractivity contribution in [3.63, 3.8) is 0 Å². The van der Waals surface area contributed by atoms with Gasteiger partial charge in [0.25, 0.3) is 0 Å². The summed E-state index contributed by atoms with van der Waals surface area (Å²) >= 11 is 0. The fourth-order valence-electron chi connectivity index (χ4n) is 2.33. The molecule has 80 valence electrons. The van der Waals surface area contributed by atoms with Crippen molar-refractivity contribution >= 4 is 0 Å². The summed E-state index contributed by atoms with van der Waals surface area (Å²) in [4.78, 5) is 0. The number of hydrogen-bond acceptors (Lipinski definition) is 1. The van der Waals surface area contributed by atoms with Crippen molar-refractivity contribution in [2.45, 2.75) is 31.7 Å². The van der Waals surface area contributed by atoms with Crippen LogP contribution in [0.4, 0.5) is 0 Å². The Balaban J connectivity index is 1.42. The molecule has 2 aliphatic carbocycles. The van der Waals surface area contributed by atoms with Crippen molar-refractivity contribution in [2.75, 3.05) is 6.54 Å². The van der Waals surface area contributed by atoms with Gasteiger partial charge in [-0.15, -0.1) is 0 Å². The molecule has 2 atom stereocenters. The van der Waals surface area contributed by atoms with Gasteiger partial charge in [0.05, 0.1) is 0 Å². The first-order chi connectivity index (χ1) is 7.42. The van der Waals surface area contributed by atoms with Crippen molar-refractivity contribution in [1.29, 1.82) is 0 Å². The number of hydrogen-bond donors (Lipinski definition) is 1. The maximum Gasteiger partial charge on any atom is 0.00683 e. The first-order valence-electron chi connectivity index (χ1n) is 6.19. The average molecular weight is 201 g/mol. The molecule has 2 aliphatic rings. The van der Waals surface area contributed by atoms with E-state index in [1.807, 2.05) is 0 Å². The minimum Gasteiger partial charge on any atom is -0.314 e. The fraction of sp³-hybridized carbons (Fsp3) is 0.571. The molecule has 0 heterocycles. The summed E-state index contributed by atoms with van der Waals surface area (Å²) in [6.07, 6.45) is 5.55. The minimum absolute atomic E-state index is 0.878. The maximum absolute atomic E-state index is 3.63. The second kappa shape index (κ2) is 3.97. The van der Waals surface area contributed by atoms with E-state index in [2.05, 4.69) is 35.6 Å². The second-order valence-corrected chi connectivity index (χ2v) is 5.13. The predicted octanol–water partition coefficient (Wildman–Crippen LogP) is 2.62. The first-order valence-corrected chi connectivity index (χ1v) is 6.19. The number of benzene rings is 1. The fourth-order valence-corrected chi connectivity index (χ4v) is 2.33. The molecule has 0 spiro atoms. The van der Waals surface area contributed by atoms with E-state index in [0.29, 0.717) is 0 Å². The highest BCUT2D eigenvalue weighted by Crippen LogP contribution is 2.40. The molecule has 1 aromatic rings. The van der Waals surface area contributed by atoms with Gasteiger partial charge in [0, 0.05) is 6.04 Å². The molecular weight excluding hydrogens is 182 g/mol. The van der Waals surface area contributed by atoms with Gasteiger partial charge < -0.3 is 5.32 Å². The average Bonchev–Trinajstić information content (AvgIpc) is 3.12. The standard InChI is InChI=1S/C14H19N/c1-2-4-11(5-3-1)8-12-9-13(12)10-15-14-6-7-14/h1-5,12-15H,6-10H2. The Kier molecular flexibility index (Phi) is 2.49. The van der Waals surface area contributed by atoms with E-state index in [4.69, 9.17) is 0 Å². The Hall–Kier alpha value is -0.820. The van der Waals surface area contributed by atoms with Crippen LogP contribution in [0.25, 0.3) is 0 Å². The highest BCUT2D eigenvalue weighted by Gasteiger charge is 2.37. The molecule has 2 unspecified atom stereocenters. The van der Waals surface area contributed by atoms with Crippen molar-refractivity contribution in [1.82, 2.24) is 5.32 Å². The van der Waals surface area contributed by atoms with Crippen molar-refractivity contribution < 1.29 is 0 Å². The van der Waals surface area contributed by atoms with E-state index in [1.54, 1.807) is 0 Å². The van der Waals surface area contributed by atoms with Gasteiger partial charge in [-0.3, -0.25) is 0 Å². The van der Waals surface area contributed by atoms with E-state index in [1.165, 1.54) is 37.8 Å². The van der Waals surface area contributed by atoms with Crippen LogP contribution in [0.1, 0.15) is 24.8 Å². The minimum atomic E-state index is 0.878. The topological polar surface area (TPSA) is 12.0 Å². The van der Waals surface area contributed by atoms with E-state index in [0.717, 1.165) is 17.9 Å². The highest BCUT2D eigenvalue weighted by molar-refractivity contribution is 5.16. The van der Waals surface area contributed by atoms with Crippen LogP contribution in [0.5, 0.6) is 0 Å². The third-order valence-electron chi connectivity index (χ3n) is 3.66. The zero-order chi connectivity index (χ0) is 10.1. The van der Waals surface area contributed by atoms with Crippen molar-refractivity contribution in [3.8, 4) is 0 Å². The van der Waals surface area contributed by atoms with Crippen molar-refractivity contribution in [2.24, 2.45) is 11.8 Å². The summed E-state index contributed by atoms with van der Waals surface area (Å²) in [7, 11) is 0. The van der Waals surface area contributed by atoms with Gasteiger partial charge >= 0.3 is 0 Å². The molecule has 0 aromatic heterocycles. The Bertz CT molecular complexity index is 315. The van der Waals surface area contributed by atoms with Crippen LogP contribution in [0.2, 0.25) is 0 Å². The smallest absolute Gasteiger partial charge is 0.00683 e. The molecule has 3 rings (SSSR count). The molecule has 1 nitrogen and oxygen atoms in total. The van der Waals surface area contributed by atoms with E-state index in [-0.39, 0.29) is 0 Å². The Morgan fingerprint density at radius 3 is 2.60 bits per heavy atom. The first kappa shape index (κ1) is 9.41. The van der Waals surface area contributed by atoms with Gasteiger partial charge in [0.1, 0.15) is 0 Å². The van der Waals surface area contributed by atoms with Gasteiger partial charge in [0.2, 0.25) is 0 Å². The molecule has 1 heteroatoms. The van der Waals surface area contributed by atoms with Crippen LogP contribution in [-0.2, 0) is 6.42 Å². The quantitative estimate of drug-likeness (QED) is 0.772. The summed E-state index contributed by atoms with van der Waals surface area (Å²) in [6.45, 7) is 1.27. The predicted molar refractivity (Wildman–Crippen MR) is 62.8 cm³/mol.